The first kappa shape index (κ1) is 20.0. The van der Waals surface area contributed by atoms with Crippen molar-refractivity contribution in [3.8, 4) is 5.75 Å². The summed E-state index contributed by atoms with van der Waals surface area (Å²) in [5, 5.41) is 3.40. The number of nitrogens with one attached hydrogen (secondary N) is 1. The number of sulfonamides is 1. The van der Waals surface area contributed by atoms with Gasteiger partial charge < -0.3 is 15.8 Å². The normalized spacial score (nSPS) is 19.0. The number of piperazine rings is 1. The fourth-order valence-electron chi connectivity index (χ4n) is 2.26. The highest BCUT2D eigenvalue weighted by molar-refractivity contribution is 7.89. The van der Waals surface area contributed by atoms with Crippen LogP contribution in [0.25, 0.3) is 0 Å². The predicted octanol–water partition coefficient (Wildman–Crippen LogP) is 0.608. The highest BCUT2D eigenvalue weighted by atomic mass is 35.5. The molecule has 130 valence electrons. The Morgan fingerprint density at radius 3 is 2.83 bits per heavy atom. The van der Waals surface area contributed by atoms with E-state index in [1.165, 1.54) is 22.5 Å². The van der Waals surface area contributed by atoms with Crippen LogP contribution in [0.2, 0.25) is 5.02 Å². The van der Waals surface area contributed by atoms with E-state index in [2.05, 4.69) is 5.32 Å². The van der Waals surface area contributed by atoms with Crippen LogP contribution in [0.3, 0.4) is 0 Å². The Labute approximate surface area is 146 Å². The van der Waals surface area contributed by atoms with Gasteiger partial charge in [0.1, 0.15) is 10.6 Å². The molecular weight excluding hydrogens is 365 g/mol. The van der Waals surface area contributed by atoms with Gasteiger partial charge in [-0.25, -0.2) is 8.42 Å². The van der Waals surface area contributed by atoms with E-state index in [1.54, 1.807) is 0 Å². The molecule has 1 aromatic rings. The molecule has 0 aromatic heterocycles. The minimum absolute atomic E-state index is 0. The molecule has 0 radical (unpaired) electrons. The van der Waals surface area contributed by atoms with Crippen molar-refractivity contribution in [3.05, 3.63) is 23.2 Å². The van der Waals surface area contributed by atoms with Crippen LogP contribution in [0.15, 0.2) is 23.1 Å². The molecule has 1 heterocycles. The summed E-state index contributed by atoms with van der Waals surface area (Å²) in [6.45, 7) is 2.91. The van der Waals surface area contributed by atoms with Gasteiger partial charge in [-0.1, -0.05) is 11.6 Å². The number of nitrogens with zero attached hydrogens (tertiary/aromatic N) is 1. The summed E-state index contributed by atoms with van der Waals surface area (Å²) in [7, 11) is -3.78. The monoisotopic (exact) mass is 383 g/mol. The van der Waals surface area contributed by atoms with Gasteiger partial charge in [-0.05, 0) is 25.1 Å². The summed E-state index contributed by atoms with van der Waals surface area (Å²) in [4.78, 5) is 10.8. The molecule has 3 N–H and O–H groups in total. The Morgan fingerprint density at radius 2 is 2.22 bits per heavy atom. The lowest BCUT2D eigenvalue weighted by Crippen LogP contribution is -2.52. The minimum Gasteiger partial charge on any atom is -0.482 e. The van der Waals surface area contributed by atoms with Gasteiger partial charge in [0.2, 0.25) is 10.0 Å². The summed E-state index contributed by atoms with van der Waals surface area (Å²) in [6.07, 6.45) is 0. The summed E-state index contributed by atoms with van der Waals surface area (Å²) < 4.78 is 32.3. The fraction of sp³-hybridized carbons (Fsp3) is 0.462. The maximum Gasteiger partial charge on any atom is 0.255 e. The number of nitrogens with two attached hydrogens (primary N) is 1. The largest absolute Gasteiger partial charge is 0.482 e. The second-order valence-electron chi connectivity index (χ2n) is 5.01. The highest BCUT2D eigenvalue weighted by Gasteiger charge is 2.33. The molecule has 1 aliphatic heterocycles. The number of benzene rings is 1. The van der Waals surface area contributed by atoms with Gasteiger partial charge in [0, 0.05) is 30.7 Å². The molecule has 1 amide bonds. The average Bonchev–Trinajstić information content (AvgIpc) is 2.46. The number of primary amides is 1. The standard InChI is InChI=1S/C13H18ClN3O4S.ClH/c1-9-7-16-4-5-17(9)22(19,20)12-6-10(14)2-3-11(12)21-8-13(15)18;/h2-3,6,9,16H,4-5,7-8H2,1H3,(H2,15,18);1H. The Kier molecular flexibility index (Phi) is 7.09. The maximum absolute atomic E-state index is 12.9. The molecule has 0 spiro atoms. The molecule has 0 bridgehead atoms. The summed E-state index contributed by atoms with van der Waals surface area (Å²) >= 11 is 5.92. The van der Waals surface area contributed by atoms with Gasteiger partial charge in [0.25, 0.3) is 5.91 Å². The highest BCUT2D eigenvalue weighted by Crippen LogP contribution is 2.31. The average molecular weight is 384 g/mol. The van der Waals surface area contributed by atoms with E-state index >= 15 is 0 Å². The van der Waals surface area contributed by atoms with Gasteiger partial charge in [-0.3, -0.25) is 4.79 Å². The minimum atomic E-state index is -3.78. The molecule has 1 aromatic carbocycles. The molecule has 7 nitrogen and oxygen atoms in total. The third-order valence-electron chi connectivity index (χ3n) is 3.30. The molecule has 1 fully saturated rings. The molecule has 1 saturated heterocycles. The van der Waals surface area contributed by atoms with Crippen molar-refractivity contribution >= 4 is 39.9 Å². The number of amides is 1. The van der Waals surface area contributed by atoms with E-state index in [0.29, 0.717) is 19.6 Å². The number of halogens is 2. The maximum atomic E-state index is 12.9. The molecule has 1 atom stereocenters. The van der Waals surface area contributed by atoms with E-state index in [1.807, 2.05) is 6.92 Å². The molecule has 1 aliphatic rings. The van der Waals surface area contributed by atoms with Crippen molar-refractivity contribution in [2.45, 2.75) is 17.9 Å². The lowest BCUT2D eigenvalue weighted by Gasteiger charge is -2.33. The van der Waals surface area contributed by atoms with Gasteiger partial charge in [0.05, 0.1) is 0 Å². The van der Waals surface area contributed by atoms with Crippen molar-refractivity contribution < 1.29 is 17.9 Å². The van der Waals surface area contributed by atoms with E-state index < -0.39 is 22.5 Å². The van der Waals surface area contributed by atoms with Gasteiger partial charge in [-0.15, -0.1) is 12.4 Å². The third-order valence-corrected chi connectivity index (χ3v) is 5.57. The van der Waals surface area contributed by atoms with Crippen molar-refractivity contribution in [1.82, 2.24) is 9.62 Å². The molecule has 1 unspecified atom stereocenters. The summed E-state index contributed by atoms with van der Waals surface area (Å²) in [5.74, 6) is -0.622. The summed E-state index contributed by atoms with van der Waals surface area (Å²) in [5.41, 5.74) is 5.04. The van der Waals surface area contributed by atoms with E-state index in [-0.39, 0.29) is 34.1 Å². The van der Waals surface area contributed by atoms with Gasteiger partial charge in [-0.2, -0.15) is 4.31 Å². The van der Waals surface area contributed by atoms with Gasteiger partial charge >= 0.3 is 0 Å². The Balaban J connectivity index is 0.00000264. The van der Waals surface area contributed by atoms with E-state index in [9.17, 15) is 13.2 Å². The number of rotatable bonds is 5. The van der Waals surface area contributed by atoms with Crippen molar-refractivity contribution in [1.29, 1.82) is 0 Å². The van der Waals surface area contributed by atoms with Gasteiger partial charge in [0.15, 0.2) is 6.61 Å². The lowest BCUT2D eigenvalue weighted by molar-refractivity contribution is -0.120. The van der Waals surface area contributed by atoms with E-state index in [4.69, 9.17) is 22.1 Å². The Hall–Kier alpha value is -1.06. The topological polar surface area (TPSA) is 102 Å². The van der Waals surface area contributed by atoms with Crippen LogP contribution in [-0.2, 0) is 14.8 Å². The SMILES string of the molecule is CC1CNCCN1S(=O)(=O)c1cc(Cl)ccc1OCC(N)=O.Cl. The first-order valence-corrected chi connectivity index (χ1v) is 8.57. The third kappa shape index (κ3) is 4.71. The molecule has 10 heteroatoms. The predicted molar refractivity (Wildman–Crippen MR) is 89.6 cm³/mol. The number of ether oxygens (including phenoxy) is 1. The van der Waals surface area contributed by atoms with Crippen molar-refractivity contribution in [2.24, 2.45) is 5.73 Å². The molecule has 23 heavy (non-hydrogen) atoms. The van der Waals surface area contributed by atoms with E-state index in [0.717, 1.165) is 0 Å². The zero-order valence-electron chi connectivity index (χ0n) is 12.5. The summed E-state index contributed by atoms with van der Waals surface area (Å²) in [6, 6.07) is 4.05. The van der Waals surface area contributed by atoms with Crippen LogP contribution in [0.5, 0.6) is 5.75 Å². The second-order valence-corrected chi connectivity index (χ2v) is 7.31. The van der Waals surface area contributed by atoms with Crippen LogP contribution in [0.4, 0.5) is 0 Å². The van der Waals surface area contributed by atoms with Crippen molar-refractivity contribution in [2.75, 3.05) is 26.2 Å². The zero-order valence-corrected chi connectivity index (χ0v) is 14.9. The zero-order chi connectivity index (χ0) is 16.3. The van der Waals surface area contributed by atoms with Crippen LogP contribution in [0, 0.1) is 0 Å². The molecule has 0 saturated carbocycles. The fourth-order valence-corrected chi connectivity index (χ4v) is 4.28. The number of hydrogen-bond donors (Lipinski definition) is 2. The van der Waals surface area contributed by atoms with Crippen molar-refractivity contribution in [3.63, 3.8) is 0 Å². The van der Waals surface area contributed by atoms with Crippen LogP contribution in [-0.4, -0.2) is 50.9 Å². The number of hydrogen-bond acceptors (Lipinski definition) is 5. The Bertz CT molecular complexity index is 669. The van der Waals surface area contributed by atoms with Crippen LogP contribution < -0.4 is 15.8 Å². The van der Waals surface area contributed by atoms with Crippen LogP contribution >= 0.6 is 24.0 Å². The quantitative estimate of drug-likeness (QED) is 0.775. The first-order chi connectivity index (χ1) is 10.3. The number of carbonyl (C=O) groups excluding carboxylic acids is 1. The second kappa shape index (κ2) is 8.16. The first-order valence-electron chi connectivity index (χ1n) is 6.75. The lowest BCUT2D eigenvalue weighted by atomic mass is 10.3. The molecule has 2 rings (SSSR count). The van der Waals surface area contributed by atoms with Crippen LogP contribution in [0.1, 0.15) is 6.92 Å². The number of carbonyl (C=O) groups is 1. The Morgan fingerprint density at radius 1 is 1.52 bits per heavy atom. The smallest absolute Gasteiger partial charge is 0.255 e. The molecular formula is C13H19Cl2N3O4S. The molecule has 0 aliphatic carbocycles.